The maximum atomic E-state index is 5.40. The Morgan fingerprint density at radius 2 is 1.77 bits per heavy atom. The number of hydrogen-bond acceptors (Lipinski definition) is 6. The lowest BCUT2D eigenvalue weighted by Gasteiger charge is -2.12. The lowest BCUT2D eigenvalue weighted by molar-refractivity contribution is 0.395. The van der Waals surface area contributed by atoms with Crippen LogP contribution in [0.3, 0.4) is 0 Å². The van der Waals surface area contributed by atoms with Crippen molar-refractivity contribution in [2.45, 2.75) is 13.5 Å². The number of aromatic nitrogens is 2. The first-order valence-corrected chi connectivity index (χ1v) is 8.29. The van der Waals surface area contributed by atoms with E-state index in [-0.39, 0.29) is 0 Å². The Morgan fingerprint density at radius 3 is 2.50 bits per heavy atom. The smallest absolute Gasteiger partial charge is 0.224 e. The van der Waals surface area contributed by atoms with E-state index >= 15 is 0 Å². The van der Waals surface area contributed by atoms with E-state index < -0.39 is 0 Å². The third-order valence-electron chi connectivity index (χ3n) is 3.90. The van der Waals surface area contributed by atoms with Crippen LogP contribution in [-0.2, 0) is 6.54 Å². The molecule has 2 aromatic carbocycles. The summed E-state index contributed by atoms with van der Waals surface area (Å²) in [6.07, 6.45) is 1.71. The Hall–Kier alpha value is -3.28. The summed E-state index contributed by atoms with van der Waals surface area (Å²) in [5, 5.41) is 6.49. The molecule has 0 saturated heterocycles. The van der Waals surface area contributed by atoms with Gasteiger partial charge >= 0.3 is 0 Å². The van der Waals surface area contributed by atoms with Crippen molar-refractivity contribution in [3.05, 3.63) is 65.9 Å². The molecule has 0 saturated carbocycles. The Balaban J connectivity index is 1.70. The van der Waals surface area contributed by atoms with Gasteiger partial charge in [0.1, 0.15) is 17.3 Å². The third kappa shape index (κ3) is 4.42. The topological polar surface area (TPSA) is 68.3 Å². The summed E-state index contributed by atoms with van der Waals surface area (Å²) in [5.74, 6) is 2.64. The molecule has 0 aliphatic carbocycles. The predicted octanol–water partition coefficient (Wildman–Crippen LogP) is 4.16. The monoisotopic (exact) mass is 350 g/mol. The van der Waals surface area contributed by atoms with Gasteiger partial charge in [-0.05, 0) is 30.7 Å². The summed E-state index contributed by atoms with van der Waals surface area (Å²) in [6.45, 7) is 2.73. The van der Waals surface area contributed by atoms with Gasteiger partial charge in [-0.25, -0.2) is 4.98 Å². The van der Waals surface area contributed by atoms with Gasteiger partial charge in [-0.3, -0.25) is 0 Å². The fourth-order valence-electron chi connectivity index (χ4n) is 2.44. The summed E-state index contributed by atoms with van der Waals surface area (Å²) in [5.41, 5.74) is 3.22. The maximum absolute atomic E-state index is 5.40. The zero-order valence-electron chi connectivity index (χ0n) is 15.1. The van der Waals surface area contributed by atoms with Crippen LogP contribution in [0.2, 0.25) is 0 Å². The van der Waals surface area contributed by atoms with Crippen LogP contribution >= 0.6 is 0 Å². The standard InChI is InChI=1S/C20H22N4O2/c1-14-4-6-15(7-5-14)13-22-20-21-11-10-19(24-20)23-17-9-8-16(25-2)12-18(17)26-3/h4-12H,13H2,1-3H3,(H2,21,22,23,24). The maximum Gasteiger partial charge on any atom is 0.224 e. The fourth-order valence-corrected chi connectivity index (χ4v) is 2.44. The number of benzene rings is 2. The van der Waals surface area contributed by atoms with E-state index in [1.54, 1.807) is 26.5 Å². The molecule has 134 valence electrons. The predicted molar refractivity (Wildman–Crippen MR) is 103 cm³/mol. The van der Waals surface area contributed by atoms with Crippen LogP contribution in [0.15, 0.2) is 54.7 Å². The molecule has 26 heavy (non-hydrogen) atoms. The molecule has 0 bridgehead atoms. The fraction of sp³-hybridized carbons (Fsp3) is 0.200. The molecule has 0 unspecified atom stereocenters. The van der Waals surface area contributed by atoms with Gasteiger partial charge in [0.25, 0.3) is 0 Å². The molecule has 0 aliphatic rings. The number of ether oxygens (including phenoxy) is 2. The van der Waals surface area contributed by atoms with Gasteiger partial charge in [-0.1, -0.05) is 29.8 Å². The number of hydrogen-bond donors (Lipinski definition) is 2. The van der Waals surface area contributed by atoms with Crippen LogP contribution < -0.4 is 20.1 Å². The summed E-state index contributed by atoms with van der Waals surface area (Å²) in [7, 11) is 3.24. The normalized spacial score (nSPS) is 10.3. The summed E-state index contributed by atoms with van der Waals surface area (Å²) < 4.78 is 10.6. The van der Waals surface area contributed by atoms with E-state index in [1.165, 1.54) is 11.1 Å². The van der Waals surface area contributed by atoms with Crippen LogP contribution in [0.1, 0.15) is 11.1 Å². The first-order chi connectivity index (χ1) is 12.7. The van der Waals surface area contributed by atoms with Gasteiger partial charge in [0, 0.05) is 18.8 Å². The Morgan fingerprint density at radius 1 is 0.962 bits per heavy atom. The first-order valence-electron chi connectivity index (χ1n) is 8.29. The molecule has 0 atom stereocenters. The molecule has 1 aromatic heterocycles. The van der Waals surface area contributed by atoms with Crippen molar-refractivity contribution < 1.29 is 9.47 Å². The van der Waals surface area contributed by atoms with E-state index in [0.717, 1.165) is 11.4 Å². The number of aryl methyl sites for hydroxylation is 1. The van der Waals surface area contributed by atoms with Crippen molar-refractivity contribution in [1.29, 1.82) is 0 Å². The molecular formula is C20H22N4O2. The van der Waals surface area contributed by atoms with E-state index in [9.17, 15) is 0 Å². The van der Waals surface area contributed by atoms with Gasteiger partial charge < -0.3 is 20.1 Å². The highest BCUT2D eigenvalue weighted by Gasteiger charge is 2.07. The minimum Gasteiger partial charge on any atom is -0.497 e. The van der Waals surface area contributed by atoms with Crippen LogP contribution in [0.25, 0.3) is 0 Å². The van der Waals surface area contributed by atoms with Gasteiger partial charge in [0.2, 0.25) is 5.95 Å². The van der Waals surface area contributed by atoms with Crippen molar-refractivity contribution >= 4 is 17.5 Å². The molecule has 0 amide bonds. The average molecular weight is 350 g/mol. The highest BCUT2D eigenvalue weighted by atomic mass is 16.5. The Kier molecular flexibility index (Phi) is 5.53. The minimum atomic E-state index is 0.558. The van der Waals surface area contributed by atoms with Gasteiger partial charge in [-0.2, -0.15) is 4.98 Å². The van der Waals surface area contributed by atoms with Crippen LogP contribution in [0, 0.1) is 6.92 Å². The number of nitrogens with zero attached hydrogens (tertiary/aromatic N) is 2. The van der Waals surface area contributed by atoms with E-state index in [2.05, 4.69) is 51.8 Å². The van der Waals surface area contributed by atoms with Crippen molar-refractivity contribution in [3.63, 3.8) is 0 Å². The summed E-state index contributed by atoms with van der Waals surface area (Å²) >= 11 is 0. The number of anilines is 3. The molecule has 2 N–H and O–H groups in total. The summed E-state index contributed by atoms with van der Waals surface area (Å²) in [6, 6.07) is 15.7. The number of methoxy groups -OCH3 is 2. The molecule has 6 heteroatoms. The van der Waals surface area contributed by atoms with Crippen molar-refractivity contribution in [3.8, 4) is 11.5 Å². The van der Waals surface area contributed by atoms with E-state index in [0.29, 0.717) is 24.1 Å². The van der Waals surface area contributed by atoms with Gasteiger partial charge in [-0.15, -0.1) is 0 Å². The van der Waals surface area contributed by atoms with E-state index in [4.69, 9.17) is 9.47 Å². The molecular weight excluding hydrogens is 328 g/mol. The molecule has 0 aliphatic heterocycles. The third-order valence-corrected chi connectivity index (χ3v) is 3.90. The van der Waals surface area contributed by atoms with Crippen molar-refractivity contribution in [2.24, 2.45) is 0 Å². The Bertz CT molecular complexity index is 866. The summed E-state index contributed by atoms with van der Waals surface area (Å²) in [4.78, 5) is 8.77. The molecule has 6 nitrogen and oxygen atoms in total. The van der Waals surface area contributed by atoms with Crippen LogP contribution in [0.5, 0.6) is 11.5 Å². The van der Waals surface area contributed by atoms with Crippen molar-refractivity contribution in [2.75, 3.05) is 24.9 Å². The number of rotatable bonds is 7. The van der Waals surface area contributed by atoms with Gasteiger partial charge in [0.05, 0.1) is 19.9 Å². The second-order valence-corrected chi connectivity index (χ2v) is 5.80. The largest absolute Gasteiger partial charge is 0.497 e. The molecule has 0 fully saturated rings. The minimum absolute atomic E-state index is 0.558. The second kappa shape index (κ2) is 8.20. The molecule has 0 spiro atoms. The van der Waals surface area contributed by atoms with Crippen LogP contribution in [-0.4, -0.2) is 24.2 Å². The highest BCUT2D eigenvalue weighted by molar-refractivity contribution is 5.66. The zero-order chi connectivity index (χ0) is 18.4. The SMILES string of the molecule is COc1ccc(Nc2ccnc(NCc3ccc(C)cc3)n2)c(OC)c1. The Labute approximate surface area is 153 Å². The lowest BCUT2D eigenvalue weighted by Crippen LogP contribution is -2.05. The van der Waals surface area contributed by atoms with E-state index in [1.807, 2.05) is 18.2 Å². The van der Waals surface area contributed by atoms with Crippen LogP contribution in [0.4, 0.5) is 17.5 Å². The molecule has 3 aromatic rings. The van der Waals surface area contributed by atoms with Gasteiger partial charge in [0.15, 0.2) is 0 Å². The average Bonchev–Trinajstić information content (AvgIpc) is 2.68. The first kappa shape index (κ1) is 17.5. The quantitative estimate of drug-likeness (QED) is 0.667. The highest BCUT2D eigenvalue weighted by Crippen LogP contribution is 2.31. The number of nitrogens with one attached hydrogen (secondary N) is 2. The molecule has 1 heterocycles. The zero-order valence-corrected chi connectivity index (χ0v) is 15.1. The van der Waals surface area contributed by atoms with Crippen molar-refractivity contribution in [1.82, 2.24) is 9.97 Å². The molecule has 0 radical (unpaired) electrons. The second-order valence-electron chi connectivity index (χ2n) is 5.80. The lowest BCUT2D eigenvalue weighted by atomic mass is 10.1. The molecule has 3 rings (SSSR count).